The fourth-order valence-electron chi connectivity index (χ4n) is 4.52. The maximum Gasteiger partial charge on any atom is 0.261 e. The van der Waals surface area contributed by atoms with Crippen molar-refractivity contribution < 1.29 is 14.6 Å². The third-order valence-corrected chi connectivity index (χ3v) is 6.45. The number of hydrogen-bond donors (Lipinski definition) is 2. The molecular formula is C28H33N3O3. The van der Waals surface area contributed by atoms with Gasteiger partial charge in [0.05, 0.1) is 12.8 Å². The van der Waals surface area contributed by atoms with Gasteiger partial charge in [-0.25, -0.2) is 0 Å². The van der Waals surface area contributed by atoms with Gasteiger partial charge in [-0.05, 0) is 36.2 Å². The Morgan fingerprint density at radius 3 is 2.03 bits per heavy atom. The van der Waals surface area contributed by atoms with Crippen molar-refractivity contribution in [3.63, 3.8) is 0 Å². The Kier molecular flexibility index (Phi) is 7.83. The highest BCUT2D eigenvalue weighted by Crippen LogP contribution is 2.30. The number of carbonyl (C=O) groups excluding carboxylic acids is 1. The topological polar surface area (TPSA) is 65.0 Å². The number of para-hydroxylation sites is 2. The summed E-state index contributed by atoms with van der Waals surface area (Å²) in [5, 5.41) is 14.5. The second-order valence-electron chi connectivity index (χ2n) is 8.55. The Morgan fingerprint density at radius 1 is 0.882 bits per heavy atom. The second kappa shape index (κ2) is 11.2. The lowest BCUT2D eigenvalue weighted by Gasteiger charge is -2.36. The normalized spacial score (nSPS) is 14.6. The molecular weight excluding hydrogens is 426 g/mol. The van der Waals surface area contributed by atoms with E-state index < -0.39 is 11.5 Å². The Morgan fingerprint density at radius 2 is 1.44 bits per heavy atom. The second-order valence-corrected chi connectivity index (χ2v) is 8.55. The number of ether oxygens (including phenoxy) is 1. The molecule has 1 amide bonds. The van der Waals surface area contributed by atoms with Gasteiger partial charge in [0.1, 0.15) is 5.75 Å². The number of piperazine rings is 1. The molecule has 0 spiro atoms. The molecule has 0 aliphatic carbocycles. The van der Waals surface area contributed by atoms with Crippen LogP contribution in [0.3, 0.4) is 0 Å². The van der Waals surface area contributed by atoms with Gasteiger partial charge in [-0.1, -0.05) is 72.8 Å². The minimum Gasteiger partial charge on any atom is -0.495 e. The standard InChI is InChI=1S/C28H33N3O3/c1-34-26-16-9-8-15-25(26)31-21-19-30(20-22-31)18-10-17-29-27(32)28(33,23-11-4-2-5-12-23)24-13-6-3-7-14-24/h2-9,11-16,33H,10,17-22H2,1H3,(H,29,32). The largest absolute Gasteiger partial charge is 0.495 e. The van der Waals surface area contributed by atoms with Crippen molar-refractivity contribution in [3.8, 4) is 5.75 Å². The molecule has 0 unspecified atom stereocenters. The van der Waals surface area contributed by atoms with E-state index in [1.165, 1.54) is 0 Å². The van der Waals surface area contributed by atoms with Crippen LogP contribution in [-0.2, 0) is 10.4 Å². The Bertz CT molecular complexity index is 1010. The van der Waals surface area contributed by atoms with Gasteiger partial charge in [0.15, 0.2) is 5.60 Å². The van der Waals surface area contributed by atoms with Gasteiger partial charge >= 0.3 is 0 Å². The molecule has 1 saturated heterocycles. The van der Waals surface area contributed by atoms with Crippen molar-refractivity contribution in [2.45, 2.75) is 12.0 Å². The van der Waals surface area contributed by atoms with Crippen molar-refractivity contribution in [2.75, 3.05) is 51.3 Å². The zero-order valence-electron chi connectivity index (χ0n) is 19.7. The number of hydrogen-bond acceptors (Lipinski definition) is 5. The molecule has 1 aliphatic rings. The van der Waals surface area contributed by atoms with Crippen molar-refractivity contribution in [1.82, 2.24) is 10.2 Å². The molecule has 2 N–H and O–H groups in total. The van der Waals surface area contributed by atoms with E-state index in [1.54, 1.807) is 31.4 Å². The van der Waals surface area contributed by atoms with E-state index >= 15 is 0 Å². The predicted molar refractivity (Wildman–Crippen MR) is 135 cm³/mol. The predicted octanol–water partition coefficient (Wildman–Crippen LogP) is 3.26. The molecule has 1 heterocycles. The lowest BCUT2D eigenvalue weighted by molar-refractivity contribution is -0.136. The minimum absolute atomic E-state index is 0.397. The van der Waals surface area contributed by atoms with Gasteiger partial charge in [-0.15, -0.1) is 0 Å². The third kappa shape index (κ3) is 5.24. The van der Waals surface area contributed by atoms with Crippen LogP contribution in [0.2, 0.25) is 0 Å². The number of benzene rings is 3. The van der Waals surface area contributed by atoms with Crippen LogP contribution < -0.4 is 15.0 Å². The van der Waals surface area contributed by atoms with Crippen LogP contribution in [0.15, 0.2) is 84.9 Å². The van der Waals surface area contributed by atoms with Gasteiger partial charge in [0.2, 0.25) is 0 Å². The van der Waals surface area contributed by atoms with Gasteiger partial charge in [0, 0.05) is 32.7 Å². The van der Waals surface area contributed by atoms with E-state index in [-0.39, 0.29) is 0 Å². The van der Waals surface area contributed by atoms with Gasteiger partial charge in [0.25, 0.3) is 5.91 Å². The number of nitrogens with one attached hydrogen (secondary N) is 1. The first-order valence-corrected chi connectivity index (χ1v) is 11.8. The first-order valence-electron chi connectivity index (χ1n) is 11.8. The number of methoxy groups -OCH3 is 1. The molecule has 6 nitrogen and oxygen atoms in total. The van der Waals surface area contributed by atoms with Crippen LogP contribution in [0.5, 0.6) is 5.75 Å². The fourth-order valence-corrected chi connectivity index (χ4v) is 4.52. The van der Waals surface area contributed by atoms with Crippen molar-refractivity contribution in [3.05, 3.63) is 96.1 Å². The van der Waals surface area contributed by atoms with Crippen LogP contribution in [0.4, 0.5) is 5.69 Å². The van der Waals surface area contributed by atoms with Crippen molar-refractivity contribution >= 4 is 11.6 Å². The number of anilines is 1. The van der Waals surface area contributed by atoms with Crippen LogP contribution in [0.25, 0.3) is 0 Å². The monoisotopic (exact) mass is 459 g/mol. The van der Waals surface area contributed by atoms with E-state index in [0.717, 1.165) is 50.6 Å². The Hall–Kier alpha value is -3.35. The highest BCUT2D eigenvalue weighted by atomic mass is 16.5. The van der Waals surface area contributed by atoms with Crippen molar-refractivity contribution in [2.24, 2.45) is 0 Å². The molecule has 0 bridgehead atoms. The Labute approximate surface area is 201 Å². The van der Waals surface area contributed by atoms with Gasteiger partial charge < -0.3 is 20.1 Å². The number of rotatable bonds is 9. The smallest absolute Gasteiger partial charge is 0.261 e. The molecule has 34 heavy (non-hydrogen) atoms. The molecule has 0 atom stereocenters. The van der Waals surface area contributed by atoms with Crippen LogP contribution >= 0.6 is 0 Å². The number of aliphatic hydroxyl groups is 1. The van der Waals surface area contributed by atoms with E-state index in [2.05, 4.69) is 21.2 Å². The Balaban J connectivity index is 1.29. The molecule has 1 fully saturated rings. The molecule has 3 aromatic carbocycles. The summed E-state index contributed by atoms with van der Waals surface area (Å²) in [5.41, 5.74) is 0.540. The summed E-state index contributed by atoms with van der Waals surface area (Å²) in [4.78, 5) is 18.0. The lowest BCUT2D eigenvalue weighted by Crippen LogP contribution is -2.48. The number of carbonyl (C=O) groups is 1. The summed E-state index contributed by atoms with van der Waals surface area (Å²) >= 11 is 0. The van der Waals surface area contributed by atoms with Crippen LogP contribution in [0.1, 0.15) is 17.5 Å². The van der Waals surface area contributed by atoms with E-state index in [4.69, 9.17) is 4.74 Å². The minimum atomic E-state index is -1.72. The number of nitrogens with zero attached hydrogens (tertiary/aromatic N) is 2. The summed E-state index contributed by atoms with van der Waals surface area (Å²) in [5.74, 6) is 0.508. The molecule has 6 heteroatoms. The van der Waals surface area contributed by atoms with Crippen LogP contribution in [0, 0.1) is 0 Å². The number of amides is 1. The molecule has 0 radical (unpaired) electrons. The zero-order valence-corrected chi connectivity index (χ0v) is 19.7. The average molecular weight is 460 g/mol. The molecule has 3 aromatic rings. The summed E-state index contributed by atoms with van der Waals surface area (Å²) in [6, 6.07) is 26.4. The SMILES string of the molecule is COc1ccccc1N1CCN(CCCNC(=O)C(O)(c2ccccc2)c2ccccc2)CC1. The van der Waals surface area contributed by atoms with E-state index in [1.807, 2.05) is 54.6 Å². The van der Waals surface area contributed by atoms with Gasteiger partial charge in [-0.2, -0.15) is 0 Å². The third-order valence-electron chi connectivity index (χ3n) is 6.45. The quantitative estimate of drug-likeness (QED) is 0.481. The van der Waals surface area contributed by atoms with E-state index in [0.29, 0.717) is 17.7 Å². The van der Waals surface area contributed by atoms with Crippen LogP contribution in [-0.4, -0.2) is 62.3 Å². The van der Waals surface area contributed by atoms with Crippen molar-refractivity contribution in [1.29, 1.82) is 0 Å². The highest BCUT2D eigenvalue weighted by Gasteiger charge is 2.39. The fraction of sp³-hybridized carbons (Fsp3) is 0.321. The summed E-state index contributed by atoms with van der Waals surface area (Å²) in [6.45, 7) is 5.21. The molecule has 4 rings (SSSR count). The molecule has 178 valence electrons. The summed E-state index contributed by atoms with van der Waals surface area (Å²) in [7, 11) is 1.71. The summed E-state index contributed by atoms with van der Waals surface area (Å²) < 4.78 is 5.50. The van der Waals surface area contributed by atoms with E-state index in [9.17, 15) is 9.90 Å². The summed E-state index contributed by atoms with van der Waals surface area (Å²) in [6.07, 6.45) is 0.820. The molecule has 0 saturated carbocycles. The maximum atomic E-state index is 13.2. The molecule has 1 aliphatic heterocycles. The lowest BCUT2D eigenvalue weighted by atomic mass is 9.85. The van der Waals surface area contributed by atoms with Gasteiger partial charge in [-0.3, -0.25) is 9.69 Å². The molecule has 0 aromatic heterocycles. The zero-order chi connectivity index (χ0) is 23.8. The maximum absolute atomic E-state index is 13.2. The average Bonchev–Trinajstić information content (AvgIpc) is 2.91. The first-order chi connectivity index (χ1) is 16.6. The highest BCUT2D eigenvalue weighted by molar-refractivity contribution is 5.90. The first kappa shape index (κ1) is 23.8.